The Morgan fingerprint density at radius 3 is 2.31 bits per heavy atom. The third-order valence-corrected chi connectivity index (χ3v) is 5.83. The summed E-state index contributed by atoms with van der Waals surface area (Å²) in [6, 6.07) is 11.9. The summed E-state index contributed by atoms with van der Waals surface area (Å²) in [5.74, 6) is 2.29. The molecule has 0 radical (unpaired) electrons. The molecule has 0 saturated carbocycles. The molecule has 1 aliphatic heterocycles. The Balaban J connectivity index is 1.68. The quantitative estimate of drug-likeness (QED) is 0.760. The van der Waals surface area contributed by atoms with Gasteiger partial charge in [-0.05, 0) is 61.7 Å². The van der Waals surface area contributed by atoms with Crippen molar-refractivity contribution in [2.75, 3.05) is 26.0 Å². The van der Waals surface area contributed by atoms with Crippen molar-refractivity contribution in [3.63, 3.8) is 0 Å². The highest BCUT2D eigenvalue weighted by Gasteiger charge is 2.34. The van der Waals surface area contributed by atoms with E-state index in [1.165, 1.54) is 22.3 Å². The molecule has 1 fully saturated rings. The minimum Gasteiger partial charge on any atom is -0.497 e. The van der Waals surface area contributed by atoms with Gasteiger partial charge in [0.25, 0.3) is 0 Å². The van der Waals surface area contributed by atoms with Crippen molar-refractivity contribution >= 4 is 17.7 Å². The Morgan fingerprint density at radius 1 is 1.08 bits per heavy atom. The fourth-order valence-electron chi connectivity index (χ4n) is 3.45. The van der Waals surface area contributed by atoms with Crippen LogP contribution in [0.5, 0.6) is 11.5 Å². The molecule has 1 amide bonds. The lowest BCUT2D eigenvalue weighted by Gasteiger charge is -2.27. The number of amides is 1. The van der Waals surface area contributed by atoms with Crippen LogP contribution < -0.4 is 9.47 Å². The number of nitrogens with zero attached hydrogens (tertiary/aromatic N) is 1. The van der Waals surface area contributed by atoms with Crippen molar-refractivity contribution < 1.29 is 14.3 Å². The van der Waals surface area contributed by atoms with E-state index in [4.69, 9.17) is 9.47 Å². The summed E-state index contributed by atoms with van der Waals surface area (Å²) >= 11 is 1.70. The zero-order valence-corrected chi connectivity index (χ0v) is 16.6. The van der Waals surface area contributed by atoms with Crippen LogP contribution in [0.1, 0.15) is 27.6 Å². The van der Waals surface area contributed by atoms with E-state index in [0.717, 1.165) is 11.5 Å². The molecule has 5 heteroatoms. The minimum absolute atomic E-state index is 0.0718. The second-order valence-electron chi connectivity index (χ2n) is 6.59. The first-order valence-corrected chi connectivity index (χ1v) is 9.80. The second kappa shape index (κ2) is 8.04. The molecule has 0 N–H and O–H groups in total. The maximum absolute atomic E-state index is 12.4. The van der Waals surface area contributed by atoms with Crippen LogP contribution in [0.3, 0.4) is 0 Å². The number of hydrogen-bond donors (Lipinski definition) is 0. The summed E-state index contributed by atoms with van der Waals surface area (Å²) in [5.41, 5.74) is 5.01. The molecule has 0 bridgehead atoms. The Morgan fingerprint density at radius 2 is 1.69 bits per heavy atom. The average Bonchev–Trinajstić information content (AvgIpc) is 2.95. The molecule has 0 spiro atoms. The van der Waals surface area contributed by atoms with Crippen molar-refractivity contribution in [2.24, 2.45) is 0 Å². The molecule has 138 valence electrons. The van der Waals surface area contributed by atoms with E-state index >= 15 is 0 Å². The number of aryl methyl sites for hydroxylation is 3. The van der Waals surface area contributed by atoms with Crippen LogP contribution in [0.2, 0.25) is 0 Å². The normalized spacial score (nSPS) is 16.8. The Labute approximate surface area is 159 Å². The standard InChI is InChI=1S/C21H25NO3S/c1-14-11-15(2)20(16(3)12-14)21-22(19(23)13-26-21)9-10-25-18-7-5-17(24-4)6-8-18/h5-8,11-12,21H,9-10,13H2,1-4H3. The fraction of sp³-hybridized carbons (Fsp3) is 0.381. The lowest BCUT2D eigenvalue weighted by molar-refractivity contribution is -0.128. The molecule has 1 aliphatic rings. The molecule has 1 heterocycles. The van der Waals surface area contributed by atoms with Crippen molar-refractivity contribution in [1.82, 2.24) is 4.90 Å². The minimum atomic E-state index is 0.0718. The third-order valence-electron chi connectivity index (χ3n) is 4.61. The molecular weight excluding hydrogens is 346 g/mol. The summed E-state index contributed by atoms with van der Waals surface area (Å²) < 4.78 is 11.0. The van der Waals surface area contributed by atoms with Gasteiger partial charge in [0, 0.05) is 0 Å². The third kappa shape index (κ3) is 3.98. The van der Waals surface area contributed by atoms with E-state index in [-0.39, 0.29) is 11.3 Å². The van der Waals surface area contributed by atoms with Gasteiger partial charge in [-0.2, -0.15) is 0 Å². The van der Waals surface area contributed by atoms with Crippen LogP contribution >= 0.6 is 11.8 Å². The molecule has 0 aliphatic carbocycles. The molecule has 2 aromatic carbocycles. The number of benzene rings is 2. The van der Waals surface area contributed by atoms with Crippen molar-refractivity contribution in [1.29, 1.82) is 0 Å². The molecule has 26 heavy (non-hydrogen) atoms. The van der Waals surface area contributed by atoms with Gasteiger partial charge in [-0.15, -0.1) is 11.8 Å². The summed E-state index contributed by atoms with van der Waals surface area (Å²) in [5, 5.41) is 0.0718. The Hall–Kier alpha value is -2.14. The predicted molar refractivity (Wildman–Crippen MR) is 106 cm³/mol. The second-order valence-corrected chi connectivity index (χ2v) is 7.66. The van der Waals surface area contributed by atoms with Crippen molar-refractivity contribution in [2.45, 2.75) is 26.1 Å². The number of thioether (sulfide) groups is 1. The lowest BCUT2D eigenvalue weighted by atomic mass is 9.99. The molecule has 1 unspecified atom stereocenters. The predicted octanol–water partition coefficient (Wildman–Crippen LogP) is 4.27. The maximum Gasteiger partial charge on any atom is 0.233 e. The molecule has 1 atom stereocenters. The smallest absolute Gasteiger partial charge is 0.233 e. The topological polar surface area (TPSA) is 38.8 Å². The first kappa shape index (κ1) is 18.6. The van der Waals surface area contributed by atoms with Crippen LogP contribution in [0.15, 0.2) is 36.4 Å². The largest absolute Gasteiger partial charge is 0.497 e. The lowest BCUT2D eigenvalue weighted by Crippen LogP contribution is -2.32. The summed E-state index contributed by atoms with van der Waals surface area (Å²) in [6.07, 6.45) is 0. The number of rotatable bonds is 6. The molecule has 2 aromatic rings. The van der Waals surface area contributed by atoms with E-state index in [9.17, 15) is 4.79 Å². The highest BCUT2D eigenvalue weighted by Crippen LogP contribution is 2.41. The van der Waals surface area contributed by atoms with Crippen LogP contribution in [-0.2, 0) is 4.79 Å². The number of carbonyl (C=O) groups is 1. The van der Waals surface area contributed by atoms with E-state index in [0.29, 0.717) is 18.9 Å². The van der Waals surface area contributed by atoms with Gasteiger partial charge in [-0.1, -0.05) is 17.7 Å². The Bertz CT molecular complexity index is 765. The first-order chi connectivity index (χ1) is 12.5. The average molecular weight is 372 g/mol. The SMILES string of the molecule is COc1ccc(OCCN2C(=O)CSC2c2c(C)cc(C)cc2C)cc1. The van der Waals surface area contributed by atoms with Crippen LogP contribution in [0, 0.1) is 20.8 Å². The first-order valence-electron chi connectivity index (χ1n) is 8.75. The van der Waals surface area contributed by atoms with Gasteiger partial charge < -0.3 is 14.4 Å². The van der Waals surface area contributed by atoms with E-state index < -0.39 is 0 Å². The van der Waals surface area contributed by atoms with E-state index in [1.54, 1.807) is 18.9 Å². The van der Waals surface area contributed by atoms with Crippen LogP contribution in [-0.4, -0.2) is 36.8 Å². The van der Waals surface area contributed by atoms with Gasteiger partial charge in [-0.25, -0.2) is 0 Å². The number of hydrogen-bond acceptors (Lipinski definition) is 4. The molecule has 0 aromatic heterocycles. The Kier molecular flexibility index (Phi) is 5.77. The summed E-state index contributed by atoms with van der Waals surface area (Å²) in [7, 11) is 1.64. The van der Waals surface area contributed by atoms with Gasteiger partial charge in [0.1, 0.15) is 23.5 Å². The molecule has 3 rings (SSSR count). The van der Waals surface area contributed by atoms with Crippen molar-refractivity contribution in [3.8, 4) is 11.5 Å². The van der Waals surface area contributed by atoms with Gasteiger partial charge in [0.15, 0.2) is 0 Å². The fourth-order valence-corrected chi connectivity index (χ4v) is 4.86. The number of methoxy groups -OCH3 is 1. The zero-order chi connectivity index (χ0) is 18.7. The maximum atomic E-state index is 12.4. The van der Waals surface area contributed by atoms with Gasteiger partial charge in [-0.3, -0.25) is 4.79 Å². The van der Waals surface area contributed by atoms with E-state index in [2.05, 4.69) is 32.9 Å². The highest BCUT2D eigenvalue weighted by molar-refractivity contribution is 8.00. The van der Waals surface area contributed by atoms with Crippen LogP contribution in [0.25, 0.3) is 0 Å². The molecule has 1 saturated heterocycles. The van der Waals surface area contributed by atoms with Crippen LogP contribution in [0.4, 0.5) is 0 Å². The van der Waals surface area contributed by atoms with Crippen molar-refractivity contribution in [3.05, 3.63) is 58.7 Å². The van der Waals surface area contributed by atoms with E-state index in [1.807, 2.05) is 29.2 Å². The van der Waals surface area contributed by atoms with Gasteiger partial charge in [0.05, 0.1) is 19.4 Å². The van der Waals surface area contributed by atoms with Gasteiger partial charge in [0.2, 0.25) is 5.91 Å². The molecule has 4 nitrogen and oxygen atoms in total. The summed E-state index contributed by atoms with van der Waals surface area (Å²) in [4.78, 5) is 14.3. The summed E-state index contributed by atoms with van der Waals surface area (Å²) in [6.45, 7) is 7.42. The monoisotopic (exact) mass is 371 g/mol. The number of carbonyl (C=O) groups excluding carboxylic acids is 1. The zero-order valence-electron chi connectivity index (χ0n) is 15.7. The molecular formula is C21H25NO3S. The van der Waals surface area contributed by atoms with Gasteiger partial charge >= 0.3 is 0 Å². The highest BCUT2D eigenvalue weighted by atomic mass is 32.2. The number of ether oxygens (including phenoxy) is 2.